The van der Waals surface area contributed by atoms with Crippen LogP contribution in [-0.4, -0.2) is 19.1 Å². The van der Waals surface area contributed by atoms with Crippen LogP contribution in [0.4, 0.5) is 0 Å². The van der Waals surface area contributed by atoms with Gasteiger partial charge in [-0.25, -0.2) is 0 Å². The molecule has 5 heteroatoms. The molecule has 0 aromatic carbocycles. The molecule has 0 radical (unpaired) electrons. The van der Waals surface area contributed by atoms with Gasteiger partial charge >= 0.3 is 39.6 Å². The van der Waals surface area contributed by atoms with Crippen molar-refractivity contribution in [3.8, 4) is 0 Å². The first kappa shape index (κ1) is 13.1. The van der Waals surface area contributed by atoms with E-state index in [2.05, 4.69) is 45.7 Å². The average Bonchev–Trinajstić information content (AvgIpc) is 2.08. The molecule has 0 saturated carbocycles. The van der Waals surface area contributed by atoms with Crippen molar-refractivity contribution in [3.63, 3.8) is 0 Å². The summed E-state index contributed by atoms with van der Waals surface area (Å²) in [4.78, 5) is 0. The standard InChI is InChI=1S/C7H13N2.2BrH.Cu/c8-5-4-7-3-1-2-6-9-7;;;/h1-2,7H,3-6,8H2;2*1H;/q-1;;;+2/p-2. The fraction of sp³-hybridized carbons (Fsp3) is 0.714. The summed E-state index contributed by atoms with van der Waals surface area (Å²) in [7, 11) is 0. The SMILES string of the molecule is NCCC1CC=CC[N-]1.[Br][Cu][Br]. The van der Waals surface area contributed by atoms with Gasteiger partial charge in [-0.05, 0) is 6.54 Å². The van der Waals surface area contributed by atoms with Crippen LogP contribution in [0.5, 0.6) is 0 Å². The van der Waals surface area contributed by atoms with Crippen molar-refractivity contribution >= 4 is 28.2 Å². The van der Waals surface area contributed by atoms with Gasteiger partial charge in [-0.15, -0.1) is 18.7 Å². The van der Waals surface area contributed by atoms with Crippen LogP contribution in [0.25, 0.3) is 5.32 Å². The third-order valence-corrected chi connectivity index (χ3v) is 1.54. The second-order valence-corrected chi connectivity index (χ2v) is 7.10. The van der Waals surface area contributed by atoms with E-state index >= 15 is 0 Å². The Labute approximate surface area is 94.3 Å². The van der Waals surface area contributed by atoms with E-state index in [1.54, 1.807) is 0 Å². The second kappa shape index (κ2) is 10.2. The predicted molar refractivity (Wildman–Crippen MR) is 57.3 cm³/mol. The monoisotopic (exact) mass is 346 g/mol. The Morgan fingerprint density at radius 3 is 2.58 bits per heavy atom. The van der Waals surface area contributed by atoms with Gasteiger partial charge in [-0.1, -0.05) is 18.9 Å². The van der Waals surface area contributed by atoms with Crippen molar-refractivity contribution in [2.45, 2.75) is 18.9 Å². The summed E-state index contributed by atoms with van der Waals surface area (Å²) < 4.78 is 0. The van der Waals surface area contributed by atoms with E-state index in [4.69, 9.17) is 5.73 Å². The summed E-state index contributed by atoms with van der Waals surface area (Å²) >= 11 is 7.38. The summed E-state index contributed by atoms with van der Waals surface area (Å²) in [5.41, 5.74) is 5.38. The van der Waals surface area contributed by atoms with Gasteiger partial charge in [0.25, 0.3) is 0 Å². The van der Waals surface area contributed by atoms with Crippen LogP contribution in [0.15, 0.2) is 12.2 Å². The van der Waals surface area contributed by atoms with E-state index in [1.165, 1.54) is 11.3 Å². The third-order valence-electron chi connectivity index (χ3n) is 1.54. The number of halogens is 2. The van der Waals surface area contributed by atoms with Crippen molar-refractivity contribution in [3.05, 3.63) is 17.5 Å². The molecule has 1 unspecified atom stereocenters. The van der Waals surface area contributed by atoms with Crippen LogP contribution in [0.2, 0.25) is 0 Å². The van der Waals surface area contributed by atoms with Crippen molar-refractivity contribution in [1.82, 2.24) is 0 Å². The van der Waals surface area contributed by atoms with Gasteiger partial charge < -0.3 is 11.1 Å². The zero-order valence-electron chi connectivity index (χ0n) is 6.64. The Morgan fingerprint density at radius 2 is 2.17 bits per heavy atom. The Hall–Kier alpha value is 1.14. The van der Waals surface area contributed by atoms with E-state index in [-0.39, 0.29) is 0 Å². The minimum absolute atomic E-state index is 0.514. The normalized spacial score (nSPS) is 21.8. The van der Waals surface area contributed by atoms with E-state index < -0.39 is 0 Å². The van der Waals surface area contributed by atoms with Crippen molar-refractivity contribution in [2.24, 2.45) is 5.73 Å². The van der Waals surface area contributed by atoms with Crippen LogP contribution in [-0.2, 0) is 11.3 Å². The molecule has 0 saturated heterocycles. The number of hydrogen-bond acceptors (Lipinski definition) is 1. The van der Waals surface area contributed by atoms with Crippen LogP contribution in [0, 0.1) is 0 Å². The van der Waals surface area contributed by atoms with Gasteiger partial charge in [0, 0.05) is 0 Å². The zero-order chi connectivity index (χ0) is 9.23. The maximum atomic E-state index is 5.38. The molecule has 2 nitrogen and oxygen atoms in total. The van der Waals surface area contributed by atoms with Crippen LogP contribution < -0.4 is 5.73 Å². The quantitative estimate of drug-likeness (QED) is 0.605. The Bertz CT molecular complexity index is 122. The molecule has 1 heterocycles. The summed E-state index contributed by atoms with van der Waals surface area (Å²) in [6.07, 6.45) is 6.43. The fourth-order valence-electron chi connectivity index (χ4n) is 1.01. The Balaban J connectivity index is 0.000000354. The summed E-state index contributed by atoms with van der Waals surface area (Å²) in [5, 5.41) is 4.35. The molecule has 0 fully saturated rings. The maximum absolute atomic E-state index is 5.38. The molecule has 1 atom stereocenters. The predicted octanol–water partition coefficient (Wildman–Crippen LogP) is 2.73. The molecule has 1 aliphatic rings. The number of nitrogens with zero attached hydrogens (tertiary/aromatic N) is 1. The molecule has 0 aliphatic carbocycles. The molecule has 1 aliphatic heterocycles. The molecule has 2 N–H and O–H groups in total. The number of nitrogens with two attached hydrogens (primary N) is 1. The third kappa shape index (κ3) is 7.77. The molecule has 77 valence electrons. The van der Waals surface area contributed by atoms with Gasteiger partial charge in [-0.2, -0.15) is 0 Å². The van der Waals surface area contributed by atoms with Gasteiger partial charge in [0.05, 0.1) is 0 Å². The molecule has 0 aromatic rings. The van der Waals surface area contributed by atoms with Gasteiger partial charge in [-0.3, -0.25) is 0 Å². The number of hydrogen-bond donors (Lipinski definition) is 1. The van der Waals surface area contributed by atoms with Crippen LogP contribution in [0.1, 0.15) is 12.8 Å². The number of rotatable bonds is 2. The molecular weight excluding hydrogens is 335 g/mol. The van der Waals surface area contributed by atoms with Crippen LogP contribution in [0.3, 0.4) is 0 Å². The molecule has 0 amide bonds. The molecule has 12 heavy (non-hydrogen) atoms. The van der Waals surface area contributed by atoms with Gasteiger partial charge in [0.1, 0.15) is 0 Å². The van der Waals surface area contributed by atoms with Gasteiger partial charge in [0.2, 0.25) is 0 Å². The zero-order valence-corrected chi connectivity index (χ0v) is 10.8. The van der Waals surface area contributed by atoms with Crippen molar-refractivity contribution in [2.75, 3.05) is 13.1 Å². The molecular formula is C7H13Br2CuN2-. The van der Waals surface area contributed by atoms with E-state index in [1.807, 2.05) is 0 Å². The van der Waals surface area contributed by atoms with E-state index in [0.717, 1.165) is 25.9 Å². The van der Waals surface area contributed by atoms with Crippen molar-refractivity contribution < 1.29 is 11.3 Å². The fourth-order valence-corrected chi connectivity index (χ4v) is 1.01. The minimum atomic E-state index is 0.514. The molecule has 1 rings (SSSR count). The molecule has 0 spiro atoms. The summed E-state index contributed by atoms with van der Waals surface area (Å²) in [5.74, 6) is 0. The molecule has 0 aromatic heterocycles. The van der Waals surface area contributed by atoms with Gasteiger partial charge in [0.15, 0.2) is 0 Å². The Morgan fingerprint density at radius 1 is 1.50 bits per heavy atom. The summed E-state index contributed by atoms with van der Waals surface area (Å²) in [6, 6.07) is 0.514. The van der Waals surface area contributed by atoms with E-state index in [0.29, 0.717) is 6.04 Å². The topological polar surface area (TPSA) is 40.1 Å². The first-order valence-electron chi connectivity index (χ1n) is 3.68. The van der Waals surface area contributed by atoms with Crippen molar-refractivity contribution in [1.29, 1.82) is 0 Å². The second-order valence-electron chi connectivity index (χ2n) is 2.35. The molecule has 0 bridgehead atoms. The van der Waals surface area contributed by atoms with Crippen LogP contribution >= 0.6 is 28.2 Å². The summed E-state index contributed by atoms with van der Waals surface area (Å²) in [6.45, 7) is 1.66. The Kier molecular flexibility index (Phi) is 11.2. The average molecular weight is 349 g/mol. The first-order valence-corrected chi connectivity index (χ1v) is 8.33. The first-order chi connectivity index (χ1) is 5.85. The van der Waals surface area contributed by atoms with E-state index in [9.17, 15) is 0 Å².